The van der Waals surface area contributed by atoms with Crippen LogP contribution in [0.5, 0.6) is 0 Å². The Bertz CT molecular complexity index is 320. The molecule has 1 aromatic rings. The second-order valence-electron chi connectivity index (χ2n) is 3.85. The van der Waals surface area contributed by atoms with Gasteiger partial charge >= 0.3 is 0 Å². The van der Waals surface area contributed by atoms with Gasteiger partial charge in [-0.2, -0.15) is 0 Å². The molecule has 0 heterocycles. The van der Waals surface area contributed by atoms with Gasteiger partial charge in [-0.05, 0) is 25.0 Å². The zero-order chi connectivity index (χ0) is 10.5. The van der Waals surface area contributed by atoms with E-state index in [1.807, 2.05) is 30.3 Å². The van der Waals surface area contributed by atoms with Gasteiger partial charge in [-0.3, -0.25) is 4.79 Å². The van der Waals surface area contributed by atoms with Crippen molar-refractivity contribution >= 4 is 5.91 Å². The van der Waals surface area contributed by atoms with Gasteiger partial charge in [0.25, 0.3) is 5.91 Å². The third-order valence-corrected chi connectivity index (χ3v) is 2.46. The Labute approximate surface area is 89.9 Å². The monoisotopic (exact) mass is 204 g/mol. The lowest BCUT2D eigenvalue weighted by atomic mass is 10.2. The molecule has 0 bridgehead atoms. The molecule has 0 aliphatic heterocycles. The number of hydrogen-bond acceptors (Lipinski definition) is 2. The molecular formula is C12H16N2O. The van der Waals surface area contributed by atoms with Gasteiger partial charge in [0.2, 0.25) is 0 Å². The van der Waals surface area contributed by atoms with E-state index < -0.39 is 0 Å². The van der Waals surface area contributed by atoms with Crippen molar-refractivity contribution in [3.8, 4) is 0 Å². The molecule has 3 heteroatoms. The van der Waals surface area contributed by atoms with Gasteiger partial charge in [0, 0.05) is 24.7 Å². The van der Waals surface area contributed by atoms with Crippen LogP contribution in [0.15, 0.2) is 30.3 Å². The second-order valence-corrected chi connectivity index (χ2v) is 3.85. The lowest BCUT2D eigenvalue weighted by Crippen LogP contribution is -2.32. The summed E-state index contributed by atoms with van der Waals surface area (Å²) in [4.78, 5) is 11.6. The van der Waals surface area contributed by atoms with E-state index in [0.29, 0.717) is 12.6 Å². The second kappa shape index (κ2) is 4.94. The fourth-order valence-corrected chi connectivity index (χ4v) is 1.43. The third kappa shape index (κ3) is 3.36. The topological polar surface area (TPSA) is 41.1 Å². The molecule has 2 N–H and O–H groups in total. The molecule has 0 saturated heterocycles. The van der Waals surface area contributed by atoms with E-state index in [9.17, 15) is 4.79 Å². The van der Waals surface area contributed by atoms with Gasteiger partial charge in [0.1, 0.15) is 0 Å². The van der Waals surface area contributed by atoms with E-state index >= 15 is 0 Å². The van der Waals surface area contributed by atoms with Crippen LogP contribution in [0.25, 0.3) is 0 Å². The highest BCUT2D eigenvalue weighted by atomic mass is 16.1. The molecule has 0 atom stereocenters. The average Bonchev–Trinajstić information content (AvgIpc) is 3.09. The van der Waals surface area contributed by atoms with Crippen LogP contribution in [0.3, 0.4) is 0 Å². The molecule has 15 heavy (non-hydrogen) atoms. The highest BCUT2D eigenvalue weighted by Crippen LogP contribution is 2.17. The first-order valence-corrected chi connectivity index (χ1v) is 5.43. The summed E-state index contributed by atoms with van der Waals surface area (Å²) < 4.78 is 0. The molecule has 0 spiro atoms. The molecule has 1 aromatic carbocycles. The molecule has 1 aliphatic rings. The molecule has 0 radical (unpaired) electrons. The Hall–Kier alpha value is -1.35. The molecule has 0 aromatic heterocycles. The summed E-state index contributed by atoms with van der Waals surface area (Å²) in [5.41, 5.74) is 0.726. The van der Waals surface area contributed by atoms with Crippen molar-refractivity contribution in [3.05, 3.63) is 35.9 Å². The van der Waals surface area contributed by atoms with Crippen LogP contribution >= 0.6 is 0 Å². The van der Waals surface area contributed by atoms with Crippen LogP contribution in [-0.2, 0) is 0 Å². The first kappa shape index (κ1) is 10.2. The number of rotatable bonds is 5. The van der Waals surface area contributed by atoms with Gasteiger partial charge in [-0.1, -0.05) is 18.2 Å². The third-order valence-electron chi connectivity index (χ3n) is 2.46. The van der Waals surface area contributed by atoms with Gasteiger partial charge in [-0.15, -0.1) is 0 Å². The molecule has 1 amide bonds. The highest BCUT2D eigenvalue weighted by Gasteiger charge is 2.19. The van der Waals surface area contributed by atoms with Crippen molar-refractivity contribution in [2.75, 3.05) is 13.1 Å². The molecule has 2 rings (SSSR count). The van der Waals surface area contributed by atoms with Crippen LogP contribution in [0.1, 0.15) is 23.2 Å². The zero-order valence-electron chi connectivity index (χ0n) is 8.70. The minimum absolute atomic E-state index is 0.00759. The summed E-state index contributed by atoms with van der Waals surface area (Å²) in [5, 5.41) is 6.23. The summed E-state index contributed by atoms with van der Waals surface area (Å²) in [7, 11) is 0. The van der Waals surface area contributed by atoms with E-state index in [1.54, 1.807) is 0 Å². The highest BCUT2D eigenvalue weighted by molar-refractivity contribution is 5.94. The first-order valence-electron chi connectivity index (χ1n) is 5.43. The van der Waals surface area contributed by atoms with Crippen LogP contribution in [0.4, 0.5) is 0 Å². The minimum Gasteiger partial charge on any atom is -0.351 e. The average molecular weight is 204 g/mol. The first-order chi connectivity index (χ1) is 7.36. The summed E-state index contributed by atoms with van der Waals surface area (Å²) in [6.45, 7) is 1.56. The van der Waals surface area contributed by atoms with Gasteiger partial charge in [0.05, 0.1) is 0 Å². The van der Waals surface area contributed by atoms with Crippen LogP contribution in [-0.4, -0.2) is 25.0 Å². The largest absolute Gasteiger partial charge is 0.351 e. The number of carbonyl (C=O) groups is 1. The van der Waals surface area contributed by atoms with Gasteiger partial charge in [0.15, 0.2) is 0 Å². The quantitative estimate of drug-likeness (QED) is 0.707. The Balaban J connectivity index is 1.67. The van der Waals surface area contributed by atoms with E-state index in [2.05, 4.69) is 10.6 Å². The summed E-state index contributed by atoms with van der Waals surface area (Å²) >= 11 is 0. The Morgan fingerprint density at radius 2 is 1.93 bits per heavy atom. The van der Waals surface area contributed by atoms with Crippen molar-refractivity contribution in [1.29, 1.82) is 0 Å². The Morgan fingerprint density at radius 3 is 2.60 bits per heavy atom. The standard InChI is InChI=1S/C12H16N2O/c15-12(10-4-2-1-3-5-10)14-9-8-13-11-6-7-11/h1-5,11,13H,6-9H2,(H,14,15). The van der Waals surface area contributed by atoms with Gasteiger partial charge in [-0.25, -0.2) is 0 Å². The molecule has 3 nitrogen and oxygen atoms in total. The van der Waals surface area contributed by atoms with E-state index in [4.69, 9.17) is 0 Å². The molecule has 1 saturated carbocycles. The van der Waals surface area contributed by atoms with Crippen molar-refractivity contribution in [1.82, 2.24) is 10.6 Å². The Morgan fingerprint density at radius 1 is 1.20 bits per heavy atom. The predicted molar refractivity (Wildman–Crippen MR) is 59.8 cm³/mol. The van der Waals surface area contributed by atoms with Crippen molar-refractivity contribution < 1.29 is 4.79 Å². The molecule has 0 unspecified atom stereocenters. The molecular weight excluding hydrogens is 188 g/mol. The fraction of sp³-hybridized carbons (Fsp3) is 0.417. The van der Waals surface area contributed by atoms with Crippen LogP contribution in [0, 0.1) is 0 Å². The maximum atomic E-state index is 11.6. The maximum Gasteiger partial charge on any atom is 0.251 e. The summed E-state index contributed by atoms with van der Waals surface area (Å²) in [6.07, 6.45) is 2.57. The van der Waals surface area contributed by atoms with Gasteiger partial charge < -0.3 is 10.6 Å². The number of amides is 1. The lowest BCUT2D eigenvalue weighted by Gasteiger charge is -2.05. The number of nitrogens with one attached hydrogen (secondary N) is 2. The summed E-state index contributed by atoms with van der Waals surface area (Å²) in [6, 6.07) is 10.0. The van der Waals surface area contributed by atoms with E-state index in [1.165, 1.54) is 12.8 Å². The number of benzene rings is 1. The molecule has 1 fully saturated rings. The zero-order valence-corrected chi connectivity index (χ0v) is 8.70. The predicted octanol–water partition coefficient (Wildman–Crippen LogP) is 1.17. The van der Waals surface area contributed by atoms with Crippen LogP contribution < -0.4 is 10.6 Å². The lowest BCUT2D eigenvalue weighted by molar-refractivity contribution is 0.0954. The molecule has 80 valence electrons. The van der Waals surface area contributed by atoms with E-state index in [-0.39, 0.29) is 5.91 Å². The summed E-state index contributed by atoms with van der Waals surface area (Å²) in [5.74, 6) is 0.00759. The molecule has 1 aliphatic carbocycles. The number of hydrogen-bond donors (Lipinski definition) is 2. The van der Waals surface area contributed by atoms with E-state index in [0.717, 1.165) is 12.1 Å². The van der Waals surface area contributed by atoms with Crippen molar-refractivity contribution in [2.45, 2.75) is 18.9 Å². The normalized spacial score (nSPS) is 14.9. The number of carbonyl (C=O) groups excluding carboxylic acids is 1. The minimum atomic E-state index is 0.00759. The smallest absolute Gasteiger partial charge is 0.251 e. The maximum absolute atomic E-state index is 11.6. The van der Waals surface area contributed by atoms with Crippen molar-refractivity contribution in [2.24, 2.45) is 0 Å². The Kier molecular flexibility index (Phi) is 3.35. The van der Waals surface area contributed by atoms with Crippen molar-refractivity contribution in [3.63, 3.8) is 0 Å². The fourth-order valence-electron chi connectivity index (χ4n) is 1.43. The van der Waals surface area contributed by atoms with Crippen LogP contribution in [0.2, 0.25) is 0 Å². The SMILES string of the molecule is O=C(NCCNC1CC1)c1ccccc1.